The summed E-state index contributed by atoms with van der Waals surface area (Å²) in [6.07, 6.45) is 0. The van der Waals surface area contributed by atoms with Crippen LogP contribution >= 0.6 is 11.3 Å². The van der Waals surface area contributed by atoms with Crippen LogP contribution in [0, 0.1) is 0 Å². The molecule has 0 aliphatic carbocycles. The molecule has 2 rings (SSSR count). The van der Waals surface area contributed by atoms with Gasteiger partial charge in [-0.2, -0.15) is 0 Å². The molecule has 0 atom stereocenters. The first-order chi connectivity index (χ1) is 6.66. The van der Waals surface area contributed by atoms with Crippen molar-refractivity contribution < 1.29 is 0 Å². The van der Waals surface area contributed by atoms with Crippen molar-refractivity contribution in [2.45, 2.75) is 19.9 Å². The highest BCUT2D eigenvalue weighted by atomic mass is 32.1. The van der Waals surface area contributed by atoms with Crippen LogP contribution in [0.2, 0.25) is 0 Å². The third kappa shape index (κ3) is 1.65. The SMILES string of the molecule is CC(C)Nc1cc(=O)[nH]c2ccsc12. The number of rotatable bonds is 2. The number of aromatic nitrogens is 1. The van der Waals surface area contributed by atoms with E-state index in [9.17, 15) is 4.79 Å². The number of thiophene rings is 1. The number of H-pyrrole nitrogens is 1. The van der Waals surface area contributed by atoms with Gasteiger partial charge in [0.25, 0.3) is 5.56 Å². The highest BCUT2D eigenvalue weighted by Crippen LogP contribution is 2.25. The predicted molar refractivity (Wildman–Crippen MR) is 61.2 cm³/mol. The molecule has 4 heteroatoms. The monoisotopic (exact) mass is 208 g/mol. The van der Waals surface area contributed by atoms with Crippen molar-refractivity contribution >= 4 is 27.2 Å². The van der Waals surface area contributed by atoms with Crippen molar-refractivity contribution in [1.82, 2.24) is 4.98 Å². The number of hydrogen-bond donors (Lipinski definition) is 2. The molecule has 3 nitrogen and oxygen atoms in total. The Labute approximate surface area is 85.8 Å². The van der Waals surface area contributed by atoms with Gasteiger partial charge in [-0.25, -0.2) is 0 Å². The van der Waals surface area contributed by atoms with Crippen molar-refractivity contribution in [1.29, 1.82) is 0 Å². The minimum absolute atomic E-state index is 0.0564. The van der Waals surface area contributed by atoms with E-state index < -0.39 is 0 Å². The molecule has 2 N–H and O–H groups in total. The molecule has 0 bridgehead atoms. The van der Waals surface area contributed by atoms with Gasteiger partial charge >= 0.3 is 0 Å². The summed E-state index contributed by atoms with van der Waals surface area (Å²) in [6, 6.07) is 3.87. The van der Waals surface area contributed by atoms with E-state index in [0.29, 0.717) is 6.04 Å². The second-order valence-electron chi connectivity index (χ2n) is 3.51. The van der Waals surface area contributed by atoms with Crippen LogP contribution in [0.1, 0.15) is 13.8 Å². The third-order valence-corrected chi connectivity index (χ3v) is 2.84. The lowest BCUT2D eigenvalue weighted by atomic mass is 10.3. The number of aromatic amines is 1. The van der Waals surface area contributed by atoms with Crippen LogP contribution in [0.25, 0.3) is 10.2 Å². The van der Waals surface area contributed by atoms with Crippen molar-refractivity contribution in [3.63, 3.8) is 0 Å². The maximum Gasteiger partial charge on any atom is 0.250 e. The molecule has 0 saturated heterocycles. The van der Waals surface area contributed by atoms with E-state index in [0.717, 1.165) is 15.9 Å². The van der Waals surface area contributed by atoms with E-state index in [1.165, 1.54) is 0 Å². The average molecular weight is 208 g/mol. The number of fused-ring (bicyclic) bond motifs is 1. The van der Waals surface area contributed by atoms with Gasteiger partial charge in [0, 0.05) is 12.1 Å². The molecule has 0 unspecified atom stereocenters. The van der Waals surface area contributed by atoms with E-state index in [1.54, 1.807) is 17.4 Å². The number of anilines is 1. The van der Waals surface area contributed by atoms with E-state index in [4.69, 9.17) is 0 Å². The topological polar surface area (TPSA) is 44.9 Å². The van der Waals surface area contributed by atoms with Crippen LogP contribution in [0.3, 0.4) is 0 Å². The molecule has 0 aromatic carbocycles. The van der Waals surface area contributed by atoms with Crippen LogP contribution in [-0.2, 0) is 0 Å². The zero-order valence-corrected chi connectivity index (χ0v) is 8.94. The molecular weight excluding hydrogens is 196 g/mol. The quantitative estimate of drug-likeness (QED) is 0.796. The van der Waals surface area contributed by atoms with Gasteiger partial charge in [-0.15, -0.1) is 11.3 Å². The van der Waals surface area contributed by atoms with Gasteiger partial charge in [0.15, 0.2) is 0 Å². The molecule has 0 aliphatic heterocycles. The minimum atomic E-state index is -0.0564. The fourth-order valence-electron chi connectivity index (χ4n) is 1.40. The summed E-state index contributed by atoms with van der Waals surface area (Å²) in [5, 5.41) is 5.24. The Balaban J connectivity index is 2.61. The molecule has 74 valence electrons. The summed E-state index contributed by atoms with van der Waals surface area (Å²) >= 11 is 1.63. The summed E-state index contributed by atoms with van der Waals surface area (Å²) in [5.41, 5.74) is 1.78. The Morgan fingerprint density at radius 3 is 3.00 bits per heavy atom. The van der Waals surface area contributed by atoms with E-state index in [-0.39, 0.29) is 5.56 Å². The summed E-state index contributed by atoms with van der Waals surface area (Å²) < 4.78 is 1.11. The van der Waals surface area contributed by atoms with Crippen molar-refractivity contribution in [2.24, 2.45) is 0 Å². The highest BCUT2D eigenvalue weighted by molar-refractivity contribution is 7.17. The molecule has 0 aliphatic rings. The largest absolute Gasteiger partial charge is 0.382 e. The zero-order valence-electron chi connectivity index (χ0n) is 8.13. The Hall–Kier alpha value is -1.29. The lowest BCUT2D eigenvalue weighted by molar-refractivity contribution is 0.901. The summed E-state index contributed by atoms with van der Waals surface area (Å²) in [6.45, 7) is 4.11. The van der Waals surface area contributed by atoms with Crippen LogP contribution in [0.15, 0.2) is 22.3 Å². The Kier molecular flexibility index (Phi) is 2.29. The normalized spacial score (nSPS) is 11.1. The molecule has 0 fully saturated rings. The van der Waals surface area contributed by atoms with Gasteiger partial charge in [0.05, 0.1) is 15.9 Å². The molecule has 0 radical (unpaired) electrons. The van der Waals surface area contributed by atoms with E-state index in [2.05, 4.69) is 24.1 Å². The number of pyridine rings is 1. The molecular formula is C10H12N2OS. The molecule has 0 saturated carbocycles. The standard InChI is InChI=1S/C10H12N2OS/c1-6(2)11-8-5-9(13)12-7-3-4-14-10(7)8/h3-6H,1-2H3,(H2,11,12,13). The van der Waals surface area contributed by atoms with E-state index >= 15 is 0 Å². The molecule has 2 aromatic heterocycles. The Morgan fingerprint density at radius 2 is 2.29 bits per heavy atom. The smallest absolute Gasteiger partial charge is 0.250 e. The summed E-state index contributed by atoms with van der Waals surface area (Å²) in [4.78, 5) is 14.1. The predicted octanol–water partition coefficient (Wildman–Crippen LogP) is 2.41. The molecule has 2 aromatic rings. The van der Waals surface area contributed by atoms with Crippen LogP contribution in [0.4, 0.5) is 5.69 Å². The molecule has 0 amide bonds. The van der Waals surface area contributed by atoms with Crippen molar-refractivity contribution in [3.05, 3.63) is 27.9 Å². The number of nitrogens with one attached hydrogen (secondary N) is 2. The Morgan fingerprint density at radius 1 is 1.50 bits per heavy atom. The highest BCUT2D eigenvalue weighted by Gasteiger charge is 2.04. The molecule has 2 heterocycles. The molecule has 14 heavy (non-hydrogen) atoms. The van der Waals surface area contributed by atoms with Gasteiger partial charge < -0.3 is 10.3 Å². The van der Waals surface area contributed by atoms with E-state index in [1.807, 2.05) is 11.4 Å². The van der Waals surface area contributed by atoms with Crippen molar-refractivity contribution in [3.8, 4) is 0 Å². The second kappa shape index (κ2) is 3.46. The van der Waals surface area contributed by atoms with Crippen LogP contribution in [0.5, 0.6) is 0 Å². The first kappa shape index (κ1) is 9.27. The summed E-state index contributed by atoms with van der Waals surface area (Å²) in [7, 11) is 0. The molecule has 0 spiro atoms. The first-order valence-electron chi connectivity index (χ1n) is 4.54. The number of hydrogen-bond acceptors (Lipinski definition) is 3. The summed E-state index contributed by atoms with van der Waals surface area (Å²) in [5.74, 6) is 0. The van der Waals surface area contributed by atoms with Crippen molar-refractivity contribution in [2.75, 3.05) is 5.32 Å². The van der Waals surface area contributed by atoms with Gasteiger partial charge in [-0.3, -0.25) is 4.79 Å². The van der Waals surface area contributed by atoms with Gasteiger partial charge in [-0.05, 0) is 25.3 Å². The zero-order chi connectivity index (χ0) is 10.1. The van der Waals surface area contributed by atoms with Crippen LogP contribution in [-0.4, -0.2) is 11.0 Å². The third-order valence-electron chi connectivity index (χ3n) is 1.89. The van der Waals surface area contributed by atoms with Gasteiger partial charge in [0.2, 0.25) is 0 Å². The van der Waals surface area contributed by atoms with Gasteiger partial charge in [0.1, 0.15) is 0 Å². The second-order valence-corrected chi connectivity index (χ2v) is 4.43. The lowest BCUT2D eigenvalue weighted by Gasteiger charge is -2.09. The maximum atomic E-state index is 11.3. The minimum Gasteiger partial charge on any atom is -0.382 e. The fourth-order valence-corrected chi connectivity index (χ4v) is 2.23. The fraction of sp³-hybridized carbons (Fsp3) is 0.300. The maximum absolute atomic E-state index is 11.3. The van der Waals surface area contributed by atoms with Crippen LogP contribution < -0.4 is 10.9 Å². The van der Waals surface area contributed by atoms with Gasteiger partial charge in [-0.1, -0.05) is 0 Å². The average Bonchev–Trinajstić information content (AvgIpc) is 2.50. The Bertz CT molecular complexity index is 498. The lowest BCUT2D eigenvalue weighted by Crippen LogP contribution is -2.13. The first-order valence-corrected chi connectivity index (χ1v) is 5.42.